The van der Waals surface area contributed by atoms with Gasteiger partial charge in [0, 0.05) is 6.42 Å². The summed E-state index contributed by atoms with van der Waals surface area (Å²) in [6.45, 7) is -0.425. The second-order valence-electron chi connectivity index (χ2n) is 4.80. The van der Waals surface area contributed by atoms with Crippen LogP contribution < -0.4 is 5.73 Å². The highest BCUT2D eigenvalue weighted by molar-refractivity contribution is 7.46. The minimum absolute atomic E-state index is 0.199. The second kappa shape index (κ2) is 5.54. The summed E-state index contributed by atoms with van der Waals surface area (Å²) in [5.41, 5.74) is 6.55. The maximum atomic E-state index is 10.7. The normalized spacial score (nSPS) is 25.9. The van der Waals surface area contributed by atoms with Gasteiger partial charge < -0.3 is 25.4 Å². The lowest BCUT2D eigenvalue weighted by Gasteiger charge is -2.16. The summed E-state index contributed by atoms with van der Waals surface area (Å²) in [6, 6.07) is 0. The van der Waals surface area contributed by atoms with Gasteiger partial charge in [0.25, 0.3) is 0 Å². The molecule has 1 saturated heterocycles. The number of hydrogen-bond acceptors (Lipinski definition) is 8. The van der Waals surface area contributed by atoms with E-state index >= 15 is 0 Å². The number of phosphoric ester groups is 1. The number of phosphoric acid groups is 1. The van der Waals surface area contributed by atoms with E-state index in [9.17, 15) is 9.67 Å². The van der Waals surface area contributed by atoms with Crippen LogP contribution in [0.25, 0.3) is 11.2 Å². The van der Waals surface area contributed by atoms with E-state index in [1.807, 2.05) is 0 Å². The van der Waals surface area contributed by atoms with Crippen molar-refractivity contribution in [2.45, 2.75) is 24.9 Å². The van der Waals surface area contributed by atoms with Crippen LogP contribution in [0.15, 0.2) is 12.7 Å². The number of anilines is 1. The summed E-state index contributed by atoms with van der Waals surface area (Å²) >= 11 is 0. The largest absolute Gasteiger partial charge is 0.469 e. The average Bonchev–Trinajstić information content (AvgIpc) is 3.00. The maximum absolute atomic E-state index is 10.7. The number of ether oxygens (including phenoxy) is 1. The van der Waals surface area contributed by atoms with Gasteiger partial charge in [0.2, 0.25) is 0 Å². The van der Waals surface area contributed by atoms with Crippen LogP contribution in [-0.4, -0.2) is 53.2 Å². The van der Waals surface area contributed by atoms with Crippen LogP contribution in [0, 0.1) is 0 Å². The zero-order valence-corrected chi connectivity index (χ0v) is 12.1. The van der Waals surface area contributed by atoms with Crippen LogP contribution in [-0.2, 0) is 13.8 Å². The number of rotatable bonds is 4. The quantitative estimate of drug-likeness (QED) is 0.519. The molecule has 120 valence electrons. The molecular formula is C10H14N5O6P. The number of nitrogens with zero attached hydrogens (tertiary/aromatic N) is 4. The lowest BCUT2D eigenvalue weighted by molar-refractivity contribution is -0.0424. The highest BCUT2D eigenvalue weighted by atomic mass is 31.2. The molecule has 0 unspecified atom stereocenters. The number of aromatic nitrogens is 4. The van der Waals surface area contributed by atoms with Crippen molar-refractivity contribution in [2.24, 2.45) is 0 Å². The highest BCUT2D eigenvalue weighted by Crippen LogP contribution is 2.38. The summed E-state index contributed by atoms with van der Waals surface area (Å²) in [6.07, 6.45) is 0.543. The van der Waals surface area contributed by atoms with E-state index in [1.54, 1.807) is 4.57 Å². The van der Waals surface area contributed by atoms with Crippen molar-refractivity contribution in [3.05, 3.63) is 12.7 Å². The predicted molar refractivity (Wildman–Crippen MR) is 72.3 cm³/mol. The first kappa shape index (κ1) is 15.3. The van der Waals surface area contributed by atoms with Gasteiger partial charge in [-0.25, -0.2) is 19.5 Å². The molecule has 1 fully saturated rings. The molecule has 0 saturated carbocycles. The van der Waals surface area contributed by atoms with Crippen molar-refractivity contribution in [2.75, 3.05) is 12.3 Å². The van der Waals surface area contributed by atoms with Gasteiger partial charge in [-0.15, -0.1) is 0 Å². The van der Waals surface area contributed by atoms with Gasteiger partial charge in [-0.05, 0) is 0 Å². The molecular weight excluding hydrogens is 317 g/mol. The van der Waals surface area contributed by atoms with Crippen LogP contribution >= 0.6 is 7.82 Å². The fourth-order valence-electron chi connectivity index (χ4n) is 2.29. The maximum Gasteiger partial charge on any atom is 0.469 e. The molecule has 1 aliphatic rings. The van der Waals surface area contributed by atoms with Crippen molar-refractivity contribution in [1.82, 2.24) is 19.5 Å². The van der Waals surface area contributed by atoms with Crippen LogP contribution in [0.5, 0.6) is 0 Å². The molecule has 11 nitrogen and oxygen atoms in total. The van der Waals surface area contributed by atoms with E-state index in [0.29, 0.717) is 11.2 Å². The third kappa shape index (κ3) is 2.95. The van der Waals surface area contributed by atoms with Crippen molar-refractivity contribution in [1.29, 1.82) is 0 Å². The van der Waals surface area contributed by atoms with Crippen LogP contribution in [0.3, 0.4) is 0 Å². The van der Waals surface area contributed by atoms with Crippen molar-refractivity contribution < 1.29 is 28.7 Å². The Hall–Kier alpha value is -1.62. The van der Waals surface area contributed by atoms with Gasteiger partial charge in [-0.1, -0.05) is 0 Å². The Morgan fingerprint density at radius 2 is 2.23 bits per heavy atom. The Labute approximate surface area is 124 Å². The van der Waals surface area contributed by atoms with E-state index in [4.69, 9.17) is 20.3 Å². The standard InChI is InChI=1S/C10H14N5O6P/c11-9-8-10(13-3-12-9)15(4-14-8)7-1-5(16)6(21-7)2-20-22(17,18)19/h3-7,16H,1-2H2,(H2,11,12,13)(H2,17,18,19)/t5-,6+,7-/m0/s1. The van der Waals surface area contributed by atoms with E-state index in [0.717, 1.165) is 0 Å². The molecule has 5 N–H and O–H groups in total. The van der Waals surface area contributed by atoms with Gasteiger partial charge >= 0.3 is 7.82 Å². The molecule has 0 radical (unpaired) electrons. The van der Waals surface area contributed by atoms with E-state index in [-0.39, 0.29) is 12.2 Å². The van der Waals surface area contributed by atoms with Gasteiger partial charge in [-0.3, -0.25) is 9.09 Å². The first-order valence-corrected chi connectivity index (χ1v) is 7.85. The fourth-order valence-corrected chi connectivity index (χ4v) is 2.63. The first-order chi connectivity index (χ1) is 10.3. The minimum atomic E-state index is -4.62. The molecule has 3 heterocycles. The molecule has 1 aliphatic heterocycles. The number of nitrogen functional groups attached to an aromatic ring is 1. The third-order valence-corrected chi connectivity index (χ3v) is 3.79. The summed E-state index contributed by atoms with van der Waals surface area (Å²) < 4.78 is 22.2. The molecule has 0 aliphatic carbocycles. The molecule has 3 rings (SSSR count). The van der Waals surface area contributed by atoms with Crippen molar-refractivity contribution in [3.8, 4) is 0 Å². The summed E-state index contributed by atoms with van der Waals surface area (Å²) in [4.78, 5) is 29.4. The Kier molecular flexibility index (Phi) is 3.85. The summed E-state index contributed by atoms with van der Waals surface area (Å²) in [5, 5.41) is 9.93. The molecule has 3 atom stereocenters. The Bertz CT molecular complexity index is 732. The van der Waals surface area contributed by atoms with E-state index in [1.165, 1.54) is 12.7 Å². The summed E-state index contributed by atoms with van der Waals surface area (Å²) in [5.74, 6) is 0.226. The van der Waals surface area contributed by atoms with E-state index < -0.39 is 32.9 Å². The fraction of sp³-hybridized carbons (Fsp3) is 0.500. The monoisotopic (exact) mass is 331 g/mol. The SMILES string of the molecule is Nc1ncnc2c1ncn2[C@@H]1C[C@H](O)[C@@H](COP(=O)(O)O)O1. The van der Waals surface area contributed by atoms with Gasteiger partial charge in [-0.2, -0.15) is 0 Å². The molecule has 0 spiro atoms. The number of aliphatic hydroxyl groups is 1. The number of hydrogen-bond donors (Lipinski definition) is 4. The van der Waals surface area contributed by atoms with Crippen LogP contribution in [0.1, 0.15) is 12.6 Å². The van der Waals surface area contributed by atoms with Crippen LogP contribution in [0.2, 0.25) is 0 Å². The van der Waals surface area contributed by atoms with Crippen LogP contribution in [0.4, 0.5) is 5.82 Å². The molecule has 2 aromatic heterocycles. The minimum Gasteiger partial charge on any atom is -0.390 e. The number of fused-ring (bicyclic) bond motifs is 1. The lowest BCUT2D eigenvalue weighted by Crippen LogP contribution is -2.25. The van der Waals surface area contributed by atoms with Crippen molar-refractivity contribution in [3.63, 3.8) is 0 Å². The topological polar surface area (TPSA) is 166 Å². The molecule has 12 heteroatoms. The van der Waals surface area contributed by atoms with Gasteiger partial charge in [0.05, 0.1) is 19.0 Å². The third-order valence-electron chi connectivity index (χ3n) is 3.31. The summed E-state index contributed by atoms with van der Waals surface area (Å²) in [7, 11) is -4.62. The zero-order valence-electron chi connectivity index (χ0n) is 11.2. The number of aliphatic hydroxyl groups excluding tert-OH is 1. The lowest BCUT2D eigenvalue weighted by atomic mass is 10.2. The first-order valence-electron chi connectivity index (χ1n) is 6.32. The van der Waals surface area contributed by atoms with Gasteiger partial charge in [0.1, 0.15) is 24.2 Å². The number of imidazole rings is 1. The Balaban J connectivity index is 1.78. The molecule has 2 aromatic rings. The van der Waals surface area contributed by atoms with Crippen molar-refractivity contribution >= 4 is 24.8 Å². The van der Waals surface area contributed by atoms with E-state index in [2.05, 4.69) is 19.5 Å². The molecule has 22 heavy (non-hydrogen) atoms. The highest BCUT2D eigenvalue weighted by Gasteiger charge is 2.37. The smallest absolute Gasteiger partial charge is 0.390 e. The predicted octanol–water partition coefficient (Wildman–Crippen LogP) is -0.834. The van der Waals surface area contributed by atoms with Gasteiger partial charge in [0.15, 0.2) is 11.5 Å². The number of nitrogens with two attached hydrogens (primary N) is 1. The molecule has 0 aromatic carbocycles. The average molecular weight is 331 g/mol. The molecule has 0 bridgehead atoms. The molecule has 0 amide bonds. The Morgan fingerprint density at radius 1 is 1.45 bits per heavy atom. The second-order valence-corrected chi connectivity index (χ2v) is 6.04. The Morgan fingerprint density at radius 3 is 2.95 bits per heavy atom. The zero-order chi connectivity index (χ0) is 15.9.